The summed E-state index contributed by atoms with van der Waals surface area (Å²) < 4.78 is 11.0. The van der Waals surface area contributed by atoms with Gasteiger partial charge in [-0.2, -0.15) is 0 Å². The molecule has 3 atom stereocenters. The van der Waals surface area contributed by atoms with Crippen molar-refractivity contribution in [2.24, 2.45) is 11.8 Å². The van der Waals surface area contributed by atoms with E-state index in [-0.39, 0.29) is 29.7 Å². The molecule has 1 aliphatic carbocycles. The third-order valence-electron chi connectivity index (χ3n) is 7.31. The van der Waals surface area contributed by atoms with Crippen LogP contribution in [0.5, 0.6) is 0 Å². The van der Waals surface area contributed by atoms with E-state index in [9.17, 15) is 14.4 Å². The molecule has 2 fully saturated rings. The highest BCUT2D eigenvalue weighted by atomic mass is 32.2. The van der Waals surface area contributed by atoms with Crippen LogP contribution in [0.25, 0.3) is 0 Å². The number of aromatic nitrogens is 2. The predicted molar refractivity (Wildman–Crippen MR) is 147 cm³/mol. The van der Waals surface area contributed by atoms with Crippen LogP contribution in [0, 0.1) is 11.8 Å². The second kappa shape index (κ2) is 14.0. The minimum Gasteiger partial charge on any atom is -0.415 e. The first kappa shape index (κ1) is 29.2. The Kier molecular flexibility index (Phi) is 10.5. The van der Waals surface area contributed by atoms with Gasteiger partial charge in [0.1, 0.15) is 5.92 Å². The summed E-state index contributed by atoms with van der Waals surface area (Å²) in [6, 6.07) is 7.26. The van der Waals surface area contributed by atoms with Crippen LogP contribution in [0.1, 0.15) is 73.7 Å². The number of morpholine rings is 1. The van der Waals surface area contributed by atoms with Crippen molar-refractivity contribution in [1.82, 2.24) is 25.7 Å². The maximum Gasteiger partial charge on any atom is 0.276 e. The van der Waals surface area contributed by atoms with Crippen molar-refractivity contribution >= 4 is 29.5 Å². The molecule has 2 heterocycles. The zero-order valence-corrected chi connectivity index (χ0v) is 23.8. The monoisotopic (exact) mass is 557 g/mol. The first-order valence-corrected chi connectivity index (χ1v) is 15.0. The Morgan fingerprint density at radius 1 is 1.08 bits per heavy atom. The summed E-state index contributed by atoms with van der Waals surface area (Å²) >= 11 is 1.30. The Hall–Kier alpha value is -2.76. The fourth-order valence-corrected chi connectivity index (χ4v) is 5.48. The minimum absolute atomic E-state index is 0.183. The fourth-order valence-electron chi connectivity index (χ4n) is 5.18. The van der Waals surface area contributed by atoms with Gasteiger partial charge in [0.15, 0.2) is 0 Å². The normalized spacial score (nSPS) is 20.9. The Balaban J connectivity index is 1.37. The molecule has 1 aromatic heterocycles. The number of rotatable bonds is 10. The molecule has 212 valence electrons. The molecule has 1 aromatic carbocycles. The van der Waals surface area contributed by atoms with Gasteiger partial charge in [-0.3, -0.25) is 24.6 Å². The van der Waals surface area contributed by atoms with Gasteiger partial charge in [-0.15, -0.1) is 10.2 Å². The average molecular weight is 558 g/mol. The third kappa shape index (κ3) is 8.12. The Bertz CT molecular complexity index is 1120. The van der Waals surface area contributed by atoms with E-state index in [0.717, 1.165) is 51.3 Å². The van der Waals surface area contributed by atoms with Gasteiger partial charge >= 0.3 is 0 Å². The van der Waals surface area contributed by atoms with Crippen LogP contribution in [-0.4, -0.2) is 71.4 Å². The predicted octanol–water partition coefficient (Wildman–Crippen LogP) is 3.39. The summed E-state index contributed by atoms with van der Waals surface area (Å²) in [6.45, 7) is 8.12. The molecule has 0 bridgehead atoms. The number of amides is 3. The van der Waals surface area contributed by atoms with Gasteiger partial charge in [0.25, 0.3) is 11.1 Å². The van der Waals surface area contributed by atoms with Crippen molar-refractivity contribution in [3.8, 4) is 0 Å². The first-order valence-electron chi connectivity index (χ1n) is 13.8. The average Bonchev–Trinajstić information content (AvgIpc) is 3.42. The van der Waals surface area contributed by atoms with Crippen LogP contribution < -0.4 is 10.6 Å². The smallest absolute Gasteiger partial charge is 0.276 e. The summed E-state index contributed by atoms with van der Waals surface area (Å²) in [6.07, 6.45) is 5.36. The van der Waals surface area contributed by atoms with E-state index in [1.54, 1.807) is 0 Å². The number of hydrogen-bond donors (Lipinski definition) is 2. The van der Waals surface area contributed by atoms with E-state index in [2.05, 4.69) is 25.7 Å². The Morgan fingerprint density at radius 3 is 2.46 bits per heavy atom. The van der Waals surface area contributed by atoms with Crippen molar-refractivity contribution in [3.63, 3.8) is 0 Å². The molecule has 2 aliphatic rings. The van der Waals surface area contributed by atoms with E-state index in [0.29, 0.717) is 30.0 Å². The molecule has 0 unspecified atom stereocenters. The van der Waals surface area contributed by atoms with Crippen LogP contribution in [-0.2, 0) is 20.9 Å². The lowest BCUT2D eigenvalue weighted by Gasteiger charge is -2.31. The van der Waals surface area contributed by atoms with Crippen LogP contribution in [0.3, 0.4) is 0 Å². The number of benzene rings is 1. The summed E-state index contributed by atoms with van der Waals surface area (Å²) in [4.78, 5) is 41.9. The first-order chi connectivity index (χ1) is 18.8. The van der Waals surface area contributed by atoms with Gasteiger partial charge in [-0.25, -0.2) is 0 Å². The number of imide groups is 1. The van der Waals surface area contributed by atoms with Gasteiger partial charge < -0.3 is 14.5 Å². The van der Waals surface area contributed by atoms with E-state index in [4.69, 9.17) is 9.15 Å². The summed E-state index contributed by atoms with van der Waals surface area (Å²) in [7, 11) is 0. The molecule has 39 heavy (non-hydrogen) atoms. The number of hydrogen-bond acceptors (Lipinski definition) is 9. The second-order valence-electron chi connectivity index (χ2n) is 10.7. The lowest BCUT2D eigenvalue weighted by Crippen LogP contribution is -2.50. The molecule has 1 aliphatic heterocycles. The van der Waals surface area contributed by atoms with E-state index in [1.807, 2.05) is 44.4 Å². The largest absolute Gasteiger partial charge is 0.415 e. The molecule has 1 saturated heterocycles. The van der Waals surface area contributed by atoms with E-state index < -0.39 is 17.7 Å². The number of nitrogens with one attached hydrogen (secondary N) is 2. The number of carbonyl (C=O) groups excluding carboxylic acids is 3. The van der Waals surface area contributed by atoms with Crippen molar-refractivity contribution in [3.05, 3.63) is 41.3 Å². The zero-order chi connectivity index (χ0) is 27.8. The molecule has 0 radical (unpaired) electrons. The molecule has 4 rings (SSSR count). The molecule has 11 heteroatoms. The molecule has 2 aromatic rings. The van der Waals surface area contributed by atoms with Gasteiger partial charge in [0.2, 0.25) is 17.7 Å². The van der Waals surface area contributed by atoms with Crippen LogP contribution in [0.15, 0.2) is 33.9 Å². The summed E-state index contributed by atoms with van der Waals surface area (Å²) in [5, 5.41) is 14.0. The fraction of sp³-hybridized carbons (Fsp3) is 0.607. The quantitative estimate of drug-likeness (QED) is 0.423. The van der Waals surface area contributed by atoms with Crippen LogP contribution in [0.2, 0.25) is 0 Å². The zero-order valence-electron chi connectivity index (χ0n) is 23.0. The topological polar surface area (TPSA) is 127 Å². The van der Waals surface area contributed by atoms with E-state index >= 15 is 0 Å². The standard InChI is InChI=1S/C28H39N5O5S/c1-18(2)16-22(27-31-32-28(38-27)39-3)26(36)30-25(35)21-6-4-5-7-23(21)29-24(34)20-10-8-19(9-11-20)17-33-12-14-37-15-13-33/h8-11,18,21-23H,4-7,12-17H2,1-3H3,(H,29,34)(H,30,35,36)/t21-,22-,23+/m1/s1. The highest BCUT2D eigenvalue weighted by molar-refractivity contribution is 7.98. The summed E-state index contributed by atoms with van der Waals surface area (Å²) in [5.41, 5.74) is 1.70. The van der Waals surface area contributed by atoms with Gasteiger partial charge in [-0.05, 0) is 49.1 Å². The molecule has 3 amide bonds. The molecule has 2 N–H and O–H groups in total. The minimum atomic E-state index is -0.713. The maximum atomic E-state index is 13.3. The molecule has 1 saturated carbocycles. The molecule has 10 nitrogen and oxygen atoms in total. The highest BCUT2D eigenvalue weighted by Gasteiger charge is 2.35. The SMILES string of the molecule is CSc1nnc([C@H](CC(C)C)C(=O)NC(=O)[C@@H]2CCCC[C@@H]2NC(=O)c2ccc(CN3CCOCC3)cc2)o1. The number of thioether (sulfide) groups is 1. The van der Waals surface area contributed by atoms with Crippen LogP contribution >= 0.6 is 11.8 Å². The van der Waals surface area contributed by atoms with Gasteiger partial charge in [0.05, 0.1) is 19.1 Å². The van der Waals surface area contributed by atoms with Crippen LogP contribution in [0.4, 0.5) is 0 Å². The lowest BCUT2D eigenvalue weighted by atomic mass is 9.83. The van der Waals surface area contributed by atoms with Crippen molar-refractivity contribution in [2.45, 2.75) is 69.7 Å². The van der Waals surface area contributed by atoms with Gasteiger partial charge in [0, 0.05) is 31.2 Å². The maximum absolute atomic E-state index is 13.3. The number of carbonyl (C=O) groups is 3. The Labute approximate surface area is 234 Å². The highest BCUT2D eigenvalue weighted by Crippen LogP contribution is 2.28. The number of ether oxygens (including phenoxy) is 1. The van der Waals surface area contributed by atoms with Crippen molar-refractivity contribution in [2.75, 3.05) is 32.6 Å². The second-order valence-corrected chi connectivity index (χ2v) is 11.5. The van der Waals surface area contributed by atoms with Crippen molar-refractivity contribution < 1.29 is 23.5 Å². The molecule has 0 spiro atoms. The molecular formula is C28H39N5O5S. The van der Waals surface area contributed by atoms with E-state index in [1.165, 1.54) is 11.8 Å². The van der Waals surface area contributed by atoms with Crippen molar-refractivity contribution in [1.29, 1.82) is 0 Å². The van der Waals surface area contributed by atoms with Gasteiger partial charge in [-0.1, -0.05) is 50.6 Å². The Morgan fingerprint density at radius 2 is 1.79 bits per heavy atom. The number of nitrogens with zero attached hydrogens (tertiary/aromatic N) is 3. The molecular weight excluding hydrogens is 518 g/mol. The third-order valence-corrected chi connectivity index (χ3v) is 7.82. The lowest BCUT2D eigenvalue weighted by molar-refractivity contribution is -0.135. The summed E-state index contributed by atoms with van der Waals surface area (Å²) in [5.74, 6) is -1.84.